The molecule has 0 aliphatic heterocycles. The first-order valence-corrected chi connectivity index (χ1v) is 9.52. The second kappa shape index (κ2) is 17.0. The fourth-order valence-electron chi connectivity index (χ4n) is 2.77. The number of aliphatic hydroxyl groups is 1. The summed E-state index contributed by atoms with van der Waals surface area (Å²) in [5, 5.41) is 9.82. The lowest BCUT2D eigenvalue weighted by molar-refractivity contribution is -0.873. The highest BCUT2D eigenvalue weighted by Gasteiger charge is 2.15. The molecule has 0 aliphatic rings. The van der Waals surface area contributed by atoms with Crippen molar-refractivity contribution in [3.8, 4) is 0 Å². The normalized spacial score (nSPS) is 12.9. The standard InChI is InChI=1S/C19H42NO2.ClH/c1-5-6-7-8-9-10-11-12-13-14-15-16-22-18-19(21)17-20(2,3)4;/h19,21H,5-18H2,1-4H3;1H/q+1;/p-1. The predicted octanol–water partition coefficient (Wildman–Crippen LogP) is 1.39. The third kappa shape index (κ3) is 22.2. The smallest absolute Gasteiger partial charge is 0.126 e. The number of hydrogen-bond donors (Lipinski definition) is 1. The molecule has 4 heteroatoms. The monoisotopic (exact) mass is 351 g/mol. The van der Waals surface area contributed by atoms with Crippen molar-refractivity contribution in [3.05, 3.63) is 0 Å². The first-order chi connectivity index (χ1) is 10.5. The molecule has 0 spiro atoms. The van der Waals surface area contributed by atoms with Crippen LogP contribution in [0.3, 0.4) is 0 Å². The molecule has 23 heavy (non-hydrogen) atoms. The van der Waals surface area contributed by atoms with Gasteiger partial charge in [-0.25, -0.2) is 0 Å². The number of unbranched alkanes of at least 4 members (excludes halogenated alkanes) is 10. The molecule has 3 nitrogen and oxygen atoms in total. The number of rotatable bonds is 16. The summed E-state index contributed by atoms with van der Waals surface area (Å²) >= 11 is 0. The number of hydrogen-bond acceptors (Lipinski definition) is 2. The molecule has 0 radical (unpaired) electrons. The summed E-state index contributed by atoms with van der Waals surface area (Å²) in [6.45, 7) is 4.30. The molecule has 0 aliphatic carbocycles. The van der Waals surface area contributed by atoms with E-state index in [0.29, 0.717) is 6.61 Å². The quantitative estimate of drug-likeness (QED) is 0.336. The molecule has 1 unspecified atom stereocenters. The van der Waals surface area contributed by atoms with Gasteiger partial charge in [-0.15, -0.1) is 0 Å². The highest BCUT2D eigenvalue weighted by Crippen LogP contribution is 2.11. The van der Waals surface area contributed by atoms with Gasteiger partial charge in [-0.2, -0.15) is 0 Å². The molecule has 0 heterocycles. The van der Waals surface area contributed by atoms with Gasteiger partial charge in [-0.05, 0) is 6.42 Å². The van der Waals surface area contributed by atoms with Gasteiger partial charge in [-0.1, -0.05) is 71.1 Å². The van der Waals surface area contributed by atoms with Crippen molar-refractivity contribution >= 4 is 0 Å². The first kappa shape index (κ1) is 25.4. The lowest BCUT2D eigenvalue weighted by Gasteiger charge is -2.26. The van der Waals surface area contributed by atoms with Crippen molar-refractivity contribution in [2.45, 2.75) is 83.7 Å². The molecule has 0 rings (SSSR count). The Labute approximate surface area is 151 Å². The zero-order valence-corrected chi connectivity index (χ0v) is 16.9. The summed E-state index contributed by atoms with van der Waals surface area (Å²) in [7, 11) is 6.27. The minimum absolute atomic E-state index is 0. The SMILES string of the molecule is CCCCCCCCCCCCCOCC(O)C[N+](C)(C)C.[Cl-]. The third-order valence-corrected chi connectivity index (χ3v) is 3.96. The van der Waals surface area contributed by atoms with Crippen molar-refractivity contribution in [1.82, 2.24) is 0 Å². The minimum Gasteiger partial charge on any atom is -1.00 e. The lowest BCUT2D eigenvalue weighted by atomic mass is 10.1. The van der Waals surface area contributed by atoms with Crippen LogP contribution in [0.2, 0.25) is 0 Å². The van der Waals surface area contributed by atoms with E-state index < -0.39 is 0 Å². The molecule has 0 aromatic carbocycles. The van der Waals surface area contributed by atoms with Crippen LogP contribution >= 0.6 is 0 Å². The Kier molecular flexibility index (Phi) is 18.8. The van der Waals surface area contributed by atoms with E-state index in [9.17, 15) is 5.11 Å². The van der Waals surface area contributed by atoms with E-state index in [0.717, 1.165) is 24.1 Å². The lowest BCUT2D eigenvalue weighted by Crippen LogP contribution is -3.00. The van der Waals surface area contributed by atoms with Crippen LogP contribution in [-0.2, 0) is 4.74 Å². The molecule has 142 valence electrons. The number of likely N-dealkylation sites (N-methyl/N-ethyl adjacent to an activating group) is 1. The maximum absolute atomic E-state index is 9.82. The summed E-state index contributed by atoms with van der Waals surface area (Å²) in [6, 6.07) is 0. The van der Waals surface area contributed by atoms with Gasteiger partial charge in [-0.3, -0.25) is 0 Å². The number of nitrogens with zero attached hydrogens (tertiary/aromatic N) is 1. The summed E-state index contributed by atoms with van der Waals surface area (Å²) < 4.78 is 6.34. The molecule has 0 aromatic heterocycles. The molecule has 1 atom stereocenters. The van der Waals surface area contributed by atoms with Crippen molar-refractivity contribution in [1.29, 1.82) is 0 Å². The number of ether oxygens (including phenoxy) is 1. The zero-order chi connectivity index (χ0) is 16.7. The van der Waals surface area contributed by atoms with Crippen molar-refractivity contribution < 1.29 is 26.7 Å². The Morgan fingerprint density at radius 3 is 1.65 bits per heavy atom. The molecular weight excluding hydrogens is 310 g/mol. The maximum Gasteiger partial charge on any atom is 0.126 e. The average Bonchev–Trinajstić information content (AvgIpc) is 2.42. The summed E-state index contributed by atoms with van der Waals surface area (Å²) in [6.07, 6.45) is 14.6. The van der Waals surface area contributed by atoms with Gasteiger partial charge in [0.2, 0.25) is 0 Å². The van der Waals surface area contributed by atoms with E-state index in [4.69, 9.17) is 4.74 Å². The van der Waals surface area contributed by atoms with Crippen LogP contribution in [0.5, 0.6) is 0 Å². The van der Waals surface area contributed by atoms with Crippen LogP contribution in [0.25, 0.3) is 0 Å². The molecule has 1 N–H and O–H groups in total. The van der Waals surface area contributed by atoms with Gasteiger partial charge >= 0.3 is 0 Å². The molecule has 0 saturated heterocycles. The van der Waals surface area contributed by atoms with Gasteiger partial charge < -0.3 is 26.7 Å². The third-order valence-electron chi connectivity index (χ3n) is 3.96. The van der Waals surface area contributed by atoms with Gasteiger partial charge in [0.05, 0.1) is 27.7 Å². The highest BCUT2D eigenvalue weighted by atomic mass is 35.5. The number of aliphatic hydroxyl groups excluding tert-OH is 1. The van der Waals surface area contributed by atoms with Crippen LogP contribution in [0.4, 0.5) is 0 Å². The Balaban J connectivity index is 0. The Bertz CT molecular complexity index is 232. The van der Waals surface area contributed by atoms with Crippen molar-refractivity contribution in [3.63, 3.8) is 0 Å². The van der Waals surface area contributed by atoms with Crippen molar-refractivity contribution in [2.75, 3.05) is 40.9 Å². The van der Waals surface area contributed by atoms with Gasteiger partial charge in [0.15, 0.2) is 0 Å². The van der Waals surface area contributed by atoms with E-state index in [1.807, 2.05) is 0 Å². The fourth-order valence-corrected chi connectivity index (χ4v) is 2.77. The second-order valence-corrected chi connectivity index (χ2v) is 7.74. The second-order valence-electron chi connectivity index (χ2n) is 7.74. The molecular formula is C19H42ClNO2. The van der Waals surface area contributed by atoms with Crippen LogP contribution in [0.15, 0.2) is 0 Å². The zero-order valence-electron chi connectivity index (χ0n) is 16.2. The van der Waals surface area contributed by atoms with Crippen LogP contribution in [-0.4, -0.2) is 56.6 Å². The summed E-state index contributed by atoms with van der Waals surface area (Å²) in [5.74, 6) is 0. The number of quaternary nitrogens is 1. The Morgan fingerprint density at radius 2 is 1.22 bits per heavy atom. The Morgan fingerprint density at radius 1 is 0.783 bits per heavy atom. The van der Waals surface area contributed by atoms with Crippen LogP contribution < -0.4 is 12.4 Å². The van der Waals surface area contributed by atoms with E-state index in [1.165, 1.54) is 64.2 Å². The Hall–Kier alpha value is 0.170. The number of halogens is 1. The van der Waals surface area contributed by atoms with Crippen molar-refractivity contribution in [2.24, 2.45) is 0 Å². The van der Waals surface area contributed by atoms with E-state index in [-0.39, 0.29) is 18.5 Å². The average molecular weight is 352 g/mol. The molecule has 0 fully saturated rings. The van der Waals surface area contributed by atoms with E-state index in [1.54, 1.807) is 0 Å². The molecule has 0 bridgehead atoms. The van der Waals surface area contributed by atoms with Crippen LogP contribution in [0, 0.1) is 0 Å². The van der Waals surface area contributed by atoms with Gasteiger partial charge in [0.25, 0.3) is 0 Å². The summed E-state index contributed by atoms with van der Waals surface area (Å²) in [5.41, 5.74) is 0. The largest absolute Gasteiger partial charge is 1.00 e. The minimum atomic E-state index is -0.340. The first-order valence-electron chi connectivity index (χ1n) is 9.52. The highest BCUT2D eigenvalue weighted by molar-refractivity contribution is 4.52. The van der Waals surface area contributed by atoms with Crippen LogP contribution in [0.1, 0.15) is 77.6 Å². The van der Waals surface area contributed by atoms with E-state index in [2.05, 4.69) is 28.1 Å². The van der Waals surface area contributed by atoms with Gasteiger partial charge in [0.1, 0.15) is 12.6 Å². The van der Waals surface area contributed by atoms with E-state index >= 15 is 0 Å². The topological polar surface area (TPSA) is 29.5 Å². The van der Waals surface area contributed by atoms with Gasteiger partial charge in [0, 0.05) is 6.61 Å². The predicted molar refractivity (Wildman–Crippen MR) is 96.2 cm³/mol. The molecule has 0 amide bonds. The molecule has 0 aromatic rings. The molecule has 0 saturated carbocycles. The fraction of sp³-hybridized carbons (Fsp3) is 1.00. The summed E-state index contributed by atoms with van der Waals surface area (Å²) in [4.78, 5) is 0. The maximum atomic E-state index is 9.82.